The van der Waals surface area contributed by atoms with Gasteiger partial charge in [-0.1, -0.05) is 0 Å². The second-order valence-corrected chi connectivity index (χ2v) is 5.61. The maximum Gasteiger partial charge on any atom is 0.224 e. The van der Waals surface area contributed by atoms with Crippen LogP contribution in [0.5, 0.6) is 0 Å². The molecule has 0 spiro atoms. The second-order valence-electron chi connectivity index (χ2n) is 4.29. The normalized spacial score (nSPS) is 12.2. The molecule has 2 aromatic rings. The standard InChI is InChI=1S/C13H18N4S/c1-8-7-15-13(14-4)17-12(8)16-10(3)11-6-5-9(2)18-11/h5-7,10H,1-4H3,(H2,14,15,16,17). The van der Waals surface area contributed by atoms with Crippen molar-refractivity contribution in [2.24, 2.45) is 0 Å². The third-order valence-electron chi connectivity index (χ3n) is 2.74. The molecule has 0 aliphatic carbocycles. The molecule has 0 fully saturated rings. The molecule has 2 aromatic heterocycles. The van der Waals surface area contributed by atoms with Crippen LogP contribution in [0, 0.1) is 13.8 Å². The molecule has 2 N–H and O–H groups in total. The van der Waals surface area contributed by atoms with E-state index < -0.39 is 0 Å². The Hall–Kier alpha value is -1.62. The Bertz CT molecular complexity index is 536. The van der Waals surface area contributed by atoms with Crippen LogP contribution in [0.1, 0.15) is 28.3 Å². The van der Waals surface area contributed by atoms with E-state index in [-0.39, 0.29) is 6.04 Å². The molecule has 0 radical (unpaired) electrons. The van der Waals surface area contributed by atoms with E-state index in [1.807, 2.05) is 31.5 Å². The molecule has 0 saturated carbocycles. The topological polar surface area (TPSA) is 49.8 Å². The molecule has 4 nitrogen and oxygen atoms in total. The molecular weight excluding hydrogens is 244 g/mol. The summed E-state index contributed by atoms with van der Waals surface area (Å²) in [5.74, 6) is 1.52. The lowest BCUT2D eigenvalue weighted by Crippen LogP contribution is -2.09. The van der Waals surface area contributed by atoms with E-state index in [2.05, 4.69) is 46.6 Å². The van der Waals surface area contributed by atoms with Gasteiger partial charge in [-0.15, -0.1) is 11.3 Å². The predicted octanol–water partition coefficient (Wildman–Crippen LogP) is 3.37. The molecule has 18 heavy (non-hydrogen) atoms. The van der Waals surface area contributed by atoms with E-state index in [0.717, 1.165) is 11.4 Å². The molecule has 0 aliphatic rings. The Labute approximate surface area is 111 Å². The van der Waals surface area contributed by atoms with Crippen molar-refractivity contribution in [3.05, 3.63) is 33.6 Å². The molecule has 0 bridgehead atoms. The zero-order valence-corrected chi connectivity index (χ0v) is 11.9. The summed E-state index contributed by atoms with van der Waals surface area (Å²) in [6.45, 7) is 6.27. The minimum Gasteiger partial charge on any atom is -0.362 e. The van der Waals surface area contributed by atoms with Crippen LogP contribution >= 0.6 is 11.3 Å². The van der Waals surface area contributed by atoms with Crippen molar-refractivity contribution in [1.29, 1.82) is 0 Å². The number of thiophene rings is 1. The van der Waals surface area contributed by atoms with Crippen LogP contribution in [0.4, 0.5) is 11.8 Å². The van der Waals surface area contributed by atoms with Gasteiger partial charge in [0.2, 0.25) is 5.95 Å². The monoisotopic (exact) mass is 262 g/mol. The van der Waals surface area contributed by atoms with Crippen LogP contribution in [-0.2, 0) is 0 Å². The number of nitrogens with zero attached hydrogens (tertiary/aromatic N) is 2. The van der Waals surface area contributed by atoms with E-state index in [0.29, 0.717) is 5.95 Å². The average Bonchev–Trinajstić information content (AvgIpc) is 2.79. The van der Waals surface area contributed by atoms with Gasteiger partial charge >= 0.3 is 0 Å². The summed E-state index contributed by atoms with van der Waals surface area (Å²) in [5.41, 5.74) is 1.05. The van der Waals surface area contributed by atoms with Crippen LogP contribution in [0.25, 0.3) is 0 Å². The third-order valence-corrected chi connectivity index (χ3v) is 3.92. The van der Waals surface area contributed by atoms with Gasteiger partial charge in [0, 0.05) is 28.6 Å². The summed E-state index contributed by atoms with van der Waals surface area (Å²) in [4.78, 5) is 11.3. The highest BCUT2D eigenvalue weighted by atomic mass is 32.1. The van der Waals surface area contributed by atoms with Crippen molar-refractivity contribution in [3.63, 3.8) is 0 Å². The van der Waals surface area contributed by atoms with Gasteiger partial charge in [0.15, 0.2) is 0 Å². The van der Waals surface area contributed by atoms with Gasteiger partial charge in [-0.2, -0.15) is 4.98 Å². The van der Waals surface area contributed by atoms with E-state index in [9.17, 15) is 0 Å². The lowest BCUT2D eigenvalue weighted by Gasteiger charge is -2.15. The van der Waals surface area contributed by atoms with Crippen molar-refractivity contribution in [1.82, 2.24) is 9.97 Å². The molecule has 2 rings (SSSR count). The zero-order valence-electron chi connectivity index (χ0n) is 11.1. The van der Waals surface area contributed by atoms with Gasteiger partial charge in [0.1, 0.15) is 5.82 Å². The highest BCUT2D eigenvalue weighted by Gasteiger charge is 2.10. The summed E-state index contributed by atoms with van der Waals surface area (Å²) in [5, 5.41) is 6.39. The molecule has 0 saturated heterocycles. The van der Waals surface area contributed by atoms with E-state index in [1.54, 1.807) is 0 Å². The van der Waals surface area contributed by atoms with Gasteiger partial charge in [0.05, 0.1) is 6.04 Å². The van der Waals surface area contributed by atoms with Crippen LogP contribution < -0.4 is 10.6 Å². The number of hydrogen-bond acceptors (Lipinski definition) is 5. The largest absolute Gasteiger partial charge is 0.362 e. The number of rotatable bonds is 4. The van der Waals surface area contributed by atoms with E-state index >= 15 is 0 Å². The molecule has 0 aliphatic heterocycles. The smallest absolute Gasteiger partial charge is 0.224 e. The lowest BCUT2D eigenvalue weighted by molar-refractivity contribution is 0.889. The first-order valence-electron chi connectivity index (χ1n) is 5.94. The van der Waals surface area contributed by atoms with Gasteiger partial charge < -0.3 is 10.6 Å². The SMILES string of the molecule is CNc1ncc(C)c(NC(C)c2ccc(C)s2)n1. The molecular formula is C13H18N4S. The van der Waals surface area contributed by atoms with Gasteiger partial charge in [0.25, 0.3) is 0 Å². The number of nitrogens with one attached hydrogen (secondary N) is 2. The molecule has 0 amide bonds. The van der Waals surface area contributed by atoms with Crippen LogP contribution in [0.3, 0.4) is 0 Å². The van der Waals surface area contributed by atoms with E-state index in [1.165, 1.54) is 9.75 Å². The maximum absolute atomic E-state index is 4.43. The van der Waals surface area contributed by atoms with Crippen molar-refractivity contribution in [2.75, 3.05) is 17.7 Å². The Balaban J connectivity index is 2.18. The van der Waals surface area contributed by atoms with Gasteiger partial charge in [-0.3, -0.25) is 0 Å². The number of anilines is 2. The second kappa shape index (κ2) is 5.35. The highest BCUT2D eigenvalue weighted by Crippen LogP contribution is 2.26. The summed E-state index contributed by atoms with van der Waals surface area (Å²) in [7, 11) is 1.82. The third kappa shape index (κ3) is 2.79. The highest BCUT2D eigenvalue weighted by molar-refractivity contribution is 7.12. The fourth-order valence-electron chi connectivity index (χ4n) is 1.67. The molecule has 96 valence electrons. The van der Waals surface area contributed by atoms with Crippen molar-refractivity contribution in [2.45, 2.75) is 26.8 Å². The summed E-state index contributed by atoms with van der Waals surface area (Å²) < 4.78 is 0. The summed E-state index contributed by atoms with van der Waals surface area (Å²) in [6, 6.07) is 4.55. The van der Waals surface area contributed by atoms with Crippen LogP contribution in [0.2, 0.25) is 0 Å². The Morgan fingerprint density at radius 1 is 1.28 bits per heavy atom. The Morgan fingerprint density at radius 2 is 2.06 bits per heavy atom. The van der Waals surface area contributed by atoms with E-state index in [4.69, 9.17) is 0 Å². The van der Waals surface area contributed by atoms with Crippen molar-refractivity contribution < 1.29 is 0 Å². The number of hydrogen-bond donors (Lipinski definition) is 2. The lowest BCUT2D eigenvalue weighted by atomic mass is 10.2. The fraction of sp³-hybridized carbons (Fsp3) is 0.385. The molecule has 1 unspecified atom stereocenters. The number of aromatic nitrogens is 2. The first-order chi connectivity index (χ1) is 8.60. The summed E-state index contributed by atoms with van der Waals surface area (Å²) in [6.07, 6.45) is 1.83. The Morgan fingerprint density at radius 3 is 2.67 bits per heavy atom. The Kier molecular flexibility index (Phi) is 3.81. The van der Waals surface area contributed by atoms with Crippen LogP contribution in [-0.4, -0.2) is 17.0 Å². The zero-order chi connectivity index (χ0) is 13.1. The minimum absolute atomic E-state index is 0.252. The molecule has 2 heterocycles. The van der Waals surface area contributed by atoms with Crippen LogP contribution in [0.15, 0.2) is 18.3 Å². The van der Waals surface area contributed by atoms with Gasteiger partial charge in [-0.25, -0.2) is 4.98 Å². The van der Waals surface area contributed by atoms with Gasteiger partial charge in [-0.05, 0) is 32.9 Å². The fourth-order valence-corrected chi connectivity index (χ4v) is 2.55. The molecule has 0 aromatic carbocycles. The molecule has 1 atom stereocenters. The maximum atomic E-state index is 4.43. The average molecular weight is 262 g/mol. The minimum atomic E-state index is 0.252. The summed E-state index contributed by atoms with van der Waals surface area (Å²) >= 11 is 1.81. The number of aryl methyl sites for hydroxylation is 2. The van der Waals surface area contributed by atoms with Crippen molar-refractivity contribution in [3.8, 4) is 0 Å². The van der Waals surface area contributed by atoms with Crippen molar-refractivity contribution >= 4 is 23.1 Å². The predicted molar refractivity (Wildman–Crippen MR) is 77.4 cm³/mol. The quantitative estimate of drug-likeness (QED) is 0.887. The molecule has 5 heteroatoms. The first-order valence-corrected chi connectivity index (χ1v) is 6.76. The first kappa shape index (κ1) is 12.8.